The van der Waals surface area contributed by atoms with E-state index >= 15 is 0 Å². The fraction of sp³-hybridized carbons (Fsp3) is 0.375. The number of morpholine rings is 1. The van der Waals surface area contributed by atoms with E-state index in [9.17, 15) is 4.79 Å². The fourth-order valence-corrected chi connectivity index (χ4v) is 3.99. The first-order chi connectivity index (χ1) is 13.6. The minimum absolute atomic E-state index is 0.0183. The Balaban J connectivity index is 1.51. The summed E-state index contributed by atoms with van der Waals surface area (Å²) in [5.41, 5.74) is 4.88. The highest BCUT2D eigenvalue weighted by atomic mass is 16.6. The van der Waals surface area contributed by atoms with Crippen LogP contribution < -0.4 is 0 Å². The van der Waals surface area contributed by atoms with E-state index in [0.29, 0.717) is 25.7 Å². The number of hydrogen-bond acceptors (Lipinski definition) is 3. The maximum atomic E-state index is 12.8. The van der Waals surface area contributed by atoms with Gasteiger partial charge in [0.1, 0.15) is 6.61 Å². The Bertz CT molecular complexity index is 859. The molecule has 1 saturated heterocycles. The molecule has 0 saturated carbocycles. The molecule has 4 nitrogen and oxygen atoms in total. The van der Waals surface area contributed by atoms with Crippen molar-refractivity contribution in [3.8, 4) is 0 Å². The molecule has 28 heavy (non-hydrogen) atoms. The standard InChI is InChI=1S/C24H27NO3/c1-17(2)19-9-6-10-20(11-19)21-12-22-15-27-16-23(13-21)25(22)24(26)28-14-18-7-4-3-5-8-18/h3-12,17,22-23H,13-16H2,1-2H3. The SMILES string of the molecule is CC(C)c1cccc(C2=CC3COCC(C2)N3C(=O)OCc2ccccc2)c1. The Labute approximate surface area is 166 Å². The summed E-state index contributed by atoms with van der Waals surface area (Å²) in [6.07, 6.45) is 2.71. The Morgan fingerprint density at radius 1 is 1.14 bits per heavy atom. The highest BCUT2D eigenvalue weighted by Crippen LogP contribution is 2.34. The topological polar surface area (TPSA) is 38.8 Å². The molecule has 2 aromatic rings. The van der Waals surface area contributed by atoms with Gasteiger partial charge in [0, 0.05) is 0 Å². The summed E-state index contributed by atoms with van der Waals surface area (Å²) in [4.78, 5) is 14.7. The van der Waals surface area contributed by atoms with E-state index in [1.54, 1.807) is 0 Å². The average Bonchev–Trinajstić information content (AvgIpc) is 2.72. The van der Waals surface area contributed by atoms with Crippen LogP contribution in [0.2, 0.25) is 0 Å². The van der Waals surface area contributed by atoms with Gasteiger partial charge in [0.15, 0.2) is 0 Å². The van der Waals surface area contributed by atoms with Crippen molar-refractivity contribution in [1.29, 1.82) is 0 Å². The average molecular weight is 377 g/mol. The van der Waals surface area contributed by atoms with Gasteiger partial charge in [-0.25, -0.2) is 4.79 Å². The van der Waals surface area contributed by atoms with Crippen molar-refractivity contribution >= 4 is 11.7 Å². The van der Waals surface area contributed by atoms with Gasteiger partial charge in [-0.1, -0.05) is 74.5 Å². The Kier molecular flexibility index (Phi) is 5.49. The molecule has 4 heteroatoms. The van der Waals surface area contributed by atoms with Crippen LogP contribution in [0.4, 0.5) is 4.79 Å². The number of hydrogen-bond donors (Lipinski definition) is 0. The van der Waals surface area contributed by atoms with Crippen molar-refractivity contribution in [1.82, 2.24) is 4.90 Å². The van der Waals surface area contributed by atoms with Gasteiger partial charge in [-0.2, -0.15) is 0 Å². The summed E-state index contributed by atoms with van der Waals surface area (Å²) in [7, 11) is 0. The van der Waals surface area contributed by atoms with Gasteiger partial charge in [-0.3, -0.25) is 4.90 Å². The summed E-state index contributed by atoms with van der Waals surface area (Å²) < 4.78 is 11.3. The van der Waals surface area contributed by atoms with Gasteiger partial charge in [-0.15, -0.1) is 0 Å². The first-order valence-electron chi connectivity index (χ1n) is 9.99. The van der Waals surface area contributed by atoms with Crippen molar-refractivity contribution in [3.05, 3.63) is 77.4 Å². The largest absolute Gasteiger partial charge is 0.445 e. The Morgan fingerprint density at radius 2 is 1.96 bits per heavy atom. The number of rotatable bonds is 4. The van der Waals surface area contributed by atoms with Gasteiger partial charge < -0.3 is 9.47 Å². The van der Waals surface area contributed by atoms with E-state index in [1.807, 2.05) is 35.2 Å². The number of nitrogens with zero attached hydrogens (tertiary/aromatic N) is 1. The van der Waals surface area contributed by atoms with E-state index in [-0.39, 0.29) is 18.2 Å². The highest BCUT2D eigenvalue weighted by molar-refractivity contribution is 5.74. The summed E-state index contributed by atoms with van der Waals surface area (Å²) >= 11 is 0. The molecule has 4 rings (SSSR count). The van der Waals surface area contributed by atoms with E-state index in [1.165, 1.54) is 16.7 Å². The van der Waals surface area contributed by atoms with Crippen molar-refractivity contribution in [2.24, 2.45) is 0 Å². The van der Waals surface area contributed by atoms with E-state index in [0.717, 1.165) is 12.0 Å². The molecular weight excluding hydrogens is 350 g/mol. The third-order valence-electron chi connectivity index (χ3n) is 5.54. The lowest BCUT2D eigenvalue weighted by Crippen LogP contribution is -2.56. The molecule has 1 fully saturated rings. The summed E-state index contributed by atoms with van der Waals surface area (Å²) in [6, 6.07) is 18.5. The van der Waals surface area contributed by atoms with Crippen LogP contribution in [0.15, 0.2) is 60.7 Å². The number of fused-ring (bicyclic) bond motifs is 2. The molecule has 1 amide bonds. The molecule has 2 aromatic carbocycles. The van der Waals surface area contributed by atoms with Crippen LogP contribution in [0, 0.1) is 0 Å². The molecule has 0 aliphatic carbocycles. The van der Waals surface area contributed by atoms with Crippen LogP contribution in [0.1, 0.15) is 42.9 Å². The van der Waals surface area contributed by atoms with Gasteiger partial charge >= 0.3 is 6.09 Å². The van der Waals surface area contributed by atoms with E-state index in [4.69, 9.17) is 9.47 Å². The molecule has 2 atom stereocenters. The molecule has 2 unspecified atom stereocenters. The molecule has 146 valence electrons. The number of carbonyl (C=O) groups excluding carboxylic acids is 1. The van der Waals surface area contributed by atoms with Crippen LogP contribution in [-0.4, -0.2) is 36.3 Å². The molecule has 2 aliphatic heterocycles. The van der Waals surface area contributed by atoms with Gasteiger partial charge in [0.05, 0.1) is 25.3 Å². The Hall–Kier alpha value is -2.59. The second-order valence-corrected chi connectivity index (χ2v) is 7.88. The molecule has 2 aliphatic rings. The fourth-order valence-electron chi connectivity index (χ4n) is 3.99. The van der Waals surface area contributed by atoms with Gasteiger partial charge in [0.25, 0.3) is 0 Å². The maximum Gasteiger partial charge on any atom is 0.411 e. The Morgan fingerprint density at radius 3 is 2.71 bits per heavy atom. The number of ether oxygens (including phenoxy) is 2. The molecule has 0 radical (unpaired) electrons. The zero-order valence-electron chi connectivity index (χ0n) is 16.5. The molecule has 2 bridgehead atoms. The summed E-state index contributed by atoms with van der Waals surface area (Å²) in [5.74, 6) is 0.497. The number of benzene rings is 2. The third-order valence-corrected chi connectivity index (χ3v) is 5.54. The zero-order chi connectivity index (χ0) is 19.5. The highest BCUT2D eigenvalue weighted by Gasteiger charge is 2.39. The second kappa shape index (κ2) is 8.19. The zero-order valence-corrected chi connectivity index (χ0v) is 16.5. The van der Waals surface area contributed by atoms with E-state index < -0.39 is 0 Å². The monoisotopic (exact) mass is 377 g/mol. The van der Waals surface area contributed by atoms with Crippen molar-refractivity contribution in [2.75, 3.05) is 13.2 Å². The molecule has 0 spiro atoms. The normalized spacial score (nSPS) is 21.4. The van der Waals surface area contributed by atoms with Crippen LogP contribution >= 0.6 is 0 Å². The smallest absolute Gasteiger partial charge is 0.411 e. The summed E-state index contributed by atoms with van der Waals surface area (Å²) in [5, 5.41) is 0. The summed E-state index contributed by atoms with van der Waals surface area (Å²) in [6.45, 7) is 5.79. The third kappa shape index (κ3) is 3.97. The van der Waals surface area contributed by atoms with Crippen molar-refractivity contribution < 1.29 is 14.3 Å². The minimum Gasteiger partial charge on any atom is -0.445 e. The first-order valence-corrected chi connectivity index (χ1v) is 9.99. The molecule has 0 aromatic heterocycles. The minimum atomic E-state index is -0.256. The first kappa shape index (κ1) is 18.8. The predicted molar refractivity (Wildman–Crippen MR) is 110 cm³/mol. The molecular formula is C24H27NO3. The lowest BCUT2D eigenvalue weighted by molar-refractivity contribution is -0.0342. The van der Waals surface area contributed by atoms with Crippen molar-refractivity contribution in [2.45, 2.75) is 44.9 Å². The number of carbonyl (C=O) groups is 1. The van der Waals surface area contributed by atoms with Gasteiger partial charge in [-0.05, 0) is 34.6 Å². The quantitative estimate of drug-likeness (QED) is 0.752. The number of amides is 1. The van der Waals surface area contributed by atoms with Crippen molar-refractivity contribution in [3.63, 3.8) is 0 Å². The lowest BCUT2D eigenvalue weighted by Gasteiger charge is -2.43. The van der Waals surface area contributed by atoms with Crippen LogP contribution in [0.3, 0.4) is 0 Å². The molecule has 2 heterocycles. The van der Waals surface area contributed by atoms with E-state index in [2.05, 4.69) is 44.2 Å². The molecule has 0 N–H and O–H groups in total. The maximum absolute atomic E-state index is 12.8. The van der Waals surface area contributed by atoms with Crippen LogP contribution in [0.5, 0.6) is 0 Å². The second-order valence-electron chi connectivity index (χ2n) is 7.88. The predicted octanol–water partition coefficient (Wildman–Crippen LogP) is 5.00. The van der Waals surface area contributed by atoms with Crippen LogP contribution in [-0.2, 0) is 16.1 Å². The lowest BCUT2D eigenvalue weighted by atomic mass is 9.88. The van der Waals surface area contributed by atoms with Crippen LogP contribution in [0.25, 0.3) is 5.57 Å². The van der Waals surface area contributed by atoms with Gasteiger partial charge in [0.2, 0.25) is 0 Å².